The first-order valence-corrected chi connectivity index (χ1v) is 9.27. The monoisotopic (exact) mass is 392 g/mol. The highest BCUT2D eigenvalue weighted by molar-refractivity contribution is 6.03. The number of amides is 1. The molecule has 1 aromatic heterocycles. The summed E-state index contributed by atoms with van der Waals surface area (Å²) in [6.45, 7) is 4.95. The van der Waals surface area contributed by atoms with E-state index in [0.717, 1.165) is 28.3 Å². The zero-order valence-corrected chi connectivity index (χ0v) is 16.7. The molecule has 0 fully saturated rings. The van der Waals surface area contributed by atoms with E-state index in [9.17, 15) is 4.79 Å². The molecule has 2 N–H and O–H groups in total. The van der Waals surface area contributed by atoms with Gasteiger partial charge in [-0.25, -0.2) is 9.97 Å². The fraction of sp³-hybridized carbons (Fsp3) is 0.227. The molecular formula is C22H24N4O3. The lowest BCUT2D eigenvalue weighted by Gasteiger charge is -2.11. The first-order chi connectivity index (χ1) is 14.1. The molecule has 0 aliphatic rings. The third kappa shape index (κ3) is 5.44. The predicted octanol–water partition coefficient (Wildman–Crippen LogP) is 3.85. The van der Waals surface area contributed by atoms with Crippen LogP contribution >= 0.6 is 0 Å². The molecule has 2 aromatic carbocycles. The van der Waals surface area contributed by atoms with Gasteiger partial charge < -0.3 is 20.1 Å². The third-order valence-corrected chi connectivity index (χ3v) is 4.49. The zero-order valence-electron chi connectivity index (χ0n) is 16.7. The quantitative estimate of drug-likeness (QED) is 0.567. The molecule has 150 valence electrons. The van der Waals surface area contributed by atoms with E-state index in [-0.39, 0.29) is 5.91 Å². The highest BCUT2D eigenvalue weighted by Gasteiger charge is 2.11. The zero-order chi connectivity index (χ0) is 20.6. The Morgan fingerprint density at radius 3 is 2.55 bits per heavy atom. The van der Waals surface area contributed by atoms with Crippen molar-refractivity contribution >= 4 is 17.4 Å². The molecule has 0 saturated carbocycles. The minimum absolute atomic E-state index is 0.279. The average molecular weight is 392 g/mol. The van der Waals surface area contributed by atoms with E-state index in [1.54, 1.807) is 13.2 Å². The van der Waals surface area contributed by atoms with E-state index in [0.29, 0.717) is 24.7 Å². The largest absolute Gasteiger partial charge is 0.497 e. The minimum atomic E-state index is -0.279. The molecule has 3 aromatic rings. The fourth-order valence-electron chi connectivity index (χ4n) is 2.67. The van der Waals surface area contributed by atoms with Gasteiger partial charge in [-0.2, -0.15) is 0 Å². The molecule has 0 aliphatic carbocycles. The van der Waals surface area contributed by atoms with Gasteiger partial charge in [0.05, 0.1) is 13.7 Å². The highest BCUT2D eigenvalue weighted by Crippen LogP contribution is 2.19. The number of anilines is 2. The van der Waals surface area contributed by atoms with Crippen LogP contribution in [0.1, 0.15) is 21.6 Å². The summed E-state index contributed by atoms with van der Waals surface area (Å²) >= 11 is 0. The van der Waals surface area contributed by atoms with Crippen LogP contribution in [0.2, 0.25) is 0 Å². The van der Waals surface area contributed by atoms with Crippen LogP contribution in [-0.2, 0) is 0 Å². The summed E-state index contributed by atoms with van der Waals surface area (Å²) in [5.74, 6) is 1.81. The average Bonchev–Trinajstić information content (AvgIpc) is 2.75. The van der Waals surface area contributed by atoms with Gasteiger partial charge in [0, 0.05) is 11.8 Å². The van der Waals surface area contributed by atoms with Gasteiger partial charge in [0.1, 0.15) is 35.9 Å². The van der Waals surface area contributed by atoms with Gasteiger partial charge in [-0.1, -0.05) is 12.1 Å². The number of hydrogen-bond acceptors (Lipinski definition) is 6. The molecule has 0 spiro atoms. The molecule has 0 aliphatic heterocycles. The van der Waals surface area contributed by atoms with Crippen LogP contribution in [-0.4, -0.2) is 36.1 Å². The number of methoxy groups -OCH3 is 1. The lowest BCUT2D eigenvalue weighted by molar-refractivity contribution is 0.102. The Bertz CT molecular complexity index is 974. The Balaban J connectivity index is 1.53. The van der Waals surface area contributed by atoms with Crippen molar-refractivity contribution in [2.24, 2.45) is 0 Å². The summed E-state index contributed by atoms with van der Waals surface area (Å²) in [7, 11) is 1.62. The van der Waals surface area contributed by atoms with Crippen LogP contribution in [0.25, 0.3) is 0 Å². The van der Waals surface area contributed by atoms with Gasteiger partial charge in [-0.05, 0) is 55.3 Å². The minimum Gasteiger partial charge on any atom is -0.497 e. The number of aryl methyl sites for hydroxylation is 1. The highest BCUT2D eigenvalue weighted by atomic mass is 16.5. The second-order valence-corrected chi connectivity index (χ2v) is 6.44. The van der Waals surface area contributed by atoms with Gasteiger partial charge in [0.2, 0.25) is 0 Å². The van der Waals surface area contributed by atoms with Gasteiger partial charge in [-0.3, -0.25) is 4.79 Å². The second kappa shape index (κ2) is 9.54. The normalized spacial score (nSPS) is 10.3. The van der Waals surface area contributed by atoms with Crippen molar-refractivity contribution in [3.8, 4) is 11.5 Å². The van der Waals surface area contributed by atoms with Crippen molar-refractivity contribution in [1.29, 1.82) is 0 Å². The van der Waals surface area contributed by atoms with Crippen LogP contribution in [0.3, 0.4) is 0 Å². The lowest BCUT2D eigenvalue weighted by Crippen LogP contribution is -2.17. The standard InChI is InChI=1S/C22H24N4O3/c1-15-5-4-6-19(16(15)2)26-22(27)20-13-21(25-14-24-20)23-11-12-29-18-9-7-17(28-3)8-10-18/h4-10,13-14H,11-12H2,1-3H3,(H,26,27)(H,23,24,25). The number of hydrogen-bond donors (Lipinski definition) is 2. The maximum absolute atomic E-state index is 12.5. The first kappa shape index (κ1) is 20.1. The van der Waals surface area contributed by atoms with E-state index in [1.807, 2.05) is 56.3 Å². The number of nitrogens with zero attached hydrogens (tertiary/aromatic N) is 2. The molecule has 0 unspecified atom stereocenters. The molecule has 29 heavy (non-hydrogen) atoms. The second-order valence-electron chi connectivity index (χ2n) is 6.44. The molecule has 1 amide bonds. The number of benzene rings is 2. The van der Waals surface area contributed by atoms with Crippen molar-refractivity contribution < 1.29 is 14.3 Å². The van der Waals surface area contributed by atoms with E-state index in [4.69, 9.17) is 9.47 Å². The Morgan fingerprint density at radius 2 is 1.79 bits per heavy atom. The summed E-state index contributed by atoms with van der Waals surface area (Å²) in [5, 5.41) is 6.04. The van der Waals surface area contributed by atoms with Gasteiger partial charge >= 0.3 is 0 Å². The molecule has 7 nitrogen and oxygen atoms in total. The summed E-state index contributed by atoms with van der Waals surface area (Å²) in [6, 6.07) is 14.8. The Morgan fingerprint density at radius 1 is 1.03 bits per heavy atom. The molecule has 3 rings (SSSR count). The van der Waals surface area contributed by atoms with Crippen LogP contribution < -0.4 is 20.1 Å². The topological polar surface area (TPSA) is 85.4 Å². The third-order valence-electron chi connectivity index (χ3n) is 4.49. The lowest BCUT2D eigenvalue weighted by atomic mass is 10.1. The molecule has 7 heteroatoms. The summed E-state index contributed by atoms with van der Waals surface area (Å²) < 4.78 is 10.8. The van der Waals surface area contributed by atoms with Crippen LogP contribution in [0.15, 0.2) is 54.9 Å². The van der Waals surface area contributed by atoms with Crippen LogP contribution in [0.4, 0.5) is 11.5 Å². The SMILES string of the molecule is COc1ccc(OCCNc2cc(C(=O)Nc3cccc(C)c3C)ncn2)cc1. The van der Waals surface area contributed by atoms with Gasteiger partial charge in [0.25, 0.3) is 5.91 Å². The fourth-order valence-corrected chi connectivity index (χ4v) is 2.67. The number of carbonyl (C=O) groups excluding carboxylic acids is 1. The Labute approximate surface area is 170 Å². The van der Waals surface area contributed by atoms with E-state index in [1.165, 1.54) is 6.33 Å². The first-order valence-electron chi connectivity index (χ1n) is 9.27. The summed E-state index contributed by atoms with van der Waals surface area (Å²) in [6.07, 6.45) is 1.37. The van der Waals surface area contributed by atoms with E-state index >= 15 is 0 Å². The van der Waals surface area contributed by atoms with E-state index in [2.05, 4.69) is 20.6 Å². The molecule has 1 heterocycles. The predicted molar refractivity (Wildman–Crippen MR) is 113 cm³/mol. The van der Waals surface area contributed by atoms with E-state index < -0.39 is 0 Å². The molecule has 0 bridgehead atoms. The molecule has 0 atom stereocenters. The molecular weight excluding hydrogens is 368 g/mol. The number of carbonyl (C=O) groups is 1. The molecule has 0 saturated heterocycles. The van der Waals surface area contributed by atoms with Crippen molar-refractivity contribution in [1.82, 2.24) is 9.97 Å². The Hall–Kier alpha value is -3.61. The van der Waals surface area contributed by atoms with Crippen molar-refractivity contribution in [3.05, 3.63) is 71.7 Å². The molecule has 0 radical (unpaired) electrons. The maximum Gasteiger partial charge on any atom is 0.274 e. The number of nitrogens with one attached hydrogen (secondary N) is 2. The van der Waals surface area contributed by atoms with Gasteiger partial charge in [0.15, 0.2) is 0 Å². The maximum atomic E-state index is 12.5. The smallest absolute Gasteiger partial charge is 0.274 e. The van der Waals surface area contributed by atoms with Crippen LogP contribution in [0.5, 0.6) is 11.5 Å². The number of rotatable bonds is 8. The summed E-state index contributed by atoms with van der Waals surface area (Å²) in [4.78, 5) is 20.8. The Kier molecular flexibility index (Phi) is 6.63. The van der Waals surface area contributed by atoms with Crippen molar-refractivity contribution in [2.75, 3.05) is 30.9 Å². The number of ether oxygens (including phenoxy) is 2. The van der Waals surface area contributed by atoms with Gasteiger partial charge in [-0.15, -0.1) is 0 Å². The number of aromatic nitrogens is 2. The summed E-state index contributed by atoms with van der Waals surface area (Å²) in [5.41, 5.74) is 3.21. The van der Waals surface area contributed by atoms with Crippen molar-refractivity contribution in [3.63, 3.8) is 0 Å². The van der Waals surface area contributed by atoms with Crippen LogP contribution in [0, 0.1) is 13.8 Å². The van der Waals surface area contributed by atoms with Crippen molar-refractivity contribution in [2.45, 2.75) is 13.8 Å².